The van der Waals surface area contributed by atoms with Crippen LogP contribution >= 0.6 is 18.5 Å². The topological polar surface area (TPSA) is 0 Å². The summed E-state index contributed by atoms with van der Waals surface area (Å²) in [6.07, 6.45) is 0. The van der Waals surface area contributed by atoms with Gasteiger partial charge >= 0.3 is 0 Å². The molecule has 0 N–H and O–H groups in total. The number of rotatable bonds is 2. The molecular weight excluding hydrogens is 307 g/mol. The SMILES string of the molecule is Cc1cc(C)c(C)c(P(Cl)c2c(C)c(C)cc(C)c2C)c1C. The van der Waals surface area contributed by atoms with Crippen molar-refractivity contribution in [3.05, 3.63) is 56.6 Å². The predicted octanol–water partition coefficient (Wildman–Crippen LogP) is 5.74. The average molecular weight is 333 g/mol. The fourth-order valence-corrected chi connectivity index (χ4v) is 6.72. The Hall–Kier alpha value is -0.840. The van der Waals surface area contributed by atoms with Gasteiger partial charge in [0.1, 0.15) is 0 Å². The monoisotopic (exact) mass is 332 g/mol. The molecule has 0 aliphatic rings. The highest BCUT2D eigenvalue weighted by molar-refractivity contribution is 7.96. The Balaban J connectivity index is 2.77. The summed E-state index contributed by atoms with van der Waals surface area (Å²) in [6, 6.07) is 4.55. The summed E-state index contributed by atoms with van der Waals surface area (Å²) in [4.78, 5) is 0. The molecule has 2 aromatic rings. The van der Waals surface area contributed by atoms with Gasteiger partial charge < -0.3 is 0 Å². The molecule has 0 radical (unpaired) electrons. The summed E-state index contributed by atoms with van der Waals surface area (Å²) < 4.78 is 0. The molecule has 0 saturated carbocycles. The van der Waals surface area contributed by atoms with Crippen LogP contribution in [0.3, 0.4) is 0 Å². The van der Waals surface area contributed by atoms with Gasteiger partial charge in [0.15, 0.2) is 0 Å². The van der Waals surface area contributed by atoms with Crippen LogP contribution in [0.4, 0.5) is 0 Å². The van der Waals surface area contributed by atoms with Crippen LogP contribution in [0, 0.1) is 55.4 Å². The van der Waals surface area contributed by atoms with Crippen LogP contribution in [0.25, 0.3) is 0 Å². The van der Waals surface area contributed by atoms with Crippen molar-refractivity contribution in [3.63, 3.8) is 0 Å². The van der Waals surface area contributed by atoms with Crippen LogP contribution in [0.1, 0.15) is 44.5 Å². The lowest BCUT2D eigenvalue weighted by molar-refractivity contribution is 1.26. The Morgan fingerprint density at radius 3 is 1.00 bits per heavy atom. The van der Waals surface area contributed by atoms with Crippen LogP contribution in [0.5, 0.6) is 0 Å². The molecule has 0 bridgehead atoms. The summed E-state index contributed by atoms with van der Waals surface area (Å²) in [5.74, 6) is 0. The van der Waals surface area contributed by atoms with Crippen molar-refractivity contribution in [1.29, 1.82) is 0 Å². The Morgan fingerprint density at radius 2 is 0.773 bits per heavy atom. The van der Waals surface area contributed by atoms with Crippen LogP contribution in [0.15, 0.2) is 12.1 Å². The van der Waals surface area contributed by atoms with E-state index in [0.717, 1.165) is 0 Å². The standard InChI is InChI=1S/C20H26ClP/c1-11-9-12(2)16(6)19(15(11)5)22(21)20-17(7)13(3)10-14(4)18(20)8/h9-10H,1-8H3. The third-order valence-corrected chi connectivity index (χ3v) is 8.19. The van der Waals surface area contributed by atoms with Gasteiger partial charge in [0, 0.05) is 10.6 Å². The molecule has 0 aliphatic carbocycles. The lowest BCUT2D eigenvalue weighted by Gasteiger charge is -2.24. The van der Waals surface area contributed by atoms with E-state index in [-0.39, 0.29) is 0 Å². The van der Waals surface area contributed by atoms with Crippen LogP contribution in [-0.4, -0.2) is 0 Å². The maximum absolute atomic E-state index is 7.11. The van der Waals surface area contributed by atoms with Gasteiger partial charge in [-0.3, -0.25) is 0 Å². The Morgan fingerprint density at radius 1 is 0.545 bits per heavy atom. The van der Waals surface area contributed by atoms with E-state index in [1.807, 2.05) is 0 Å². The molecule has 0 amide bonds. The van der Waals surface area contributed by atoms with Crippen molar-refractivity contribution in [3.8, 4) is 0 Å². The number of benzene rings is 2. The van der Waals surface area contributed by atoms with E-state index >= 15 is 0 Å². The van der Waals surface area contributed by atoms with E-state index in [2.05, 4.69) is 67.5 Å². The molecule has 22 heavy (non-hydrogen) atoms. The minimum atomic E-state index is -0.847. The molecule has 0 heterocycles. The lowest BCUT2D eigenvalue weighted by Crippen LogP contribution is -2.21. The van der Waals surface area contributed by atoms with Gasteiger partial charge in [-0.1, -0.05) is 23.4 Å². The summed E-state index contributed by atoms with van der Waals surface area (Å²) >= 11 is 7.11. The number of hydrogen-bond donors (Lipinski definition) is 0. The van der Waals surface area contributed by atoms with Crippen LogP contribution < -0.4 is 10.6 Å². The molecular formula is C20H26ClP. The molecule has 2 rings (SSSR count). The summed E-state index contributed by atoms with van der Waals surface area (Å²) in [7, 11) is -0.847. The van der Waals surface area contributed by atoms with Crippen molar-refractivity contribution in [2.75, 3.05) is 0 Å². The normalized spacial score (nSPS) is 11.4. The number of halogens is 1. The first-order valence-corrected chi connectivity index (χ1v) is 10.0. The quantitative estimate of drug-likeness (QED) is 0.615. The zero-order valence-electron chi connectivity index (χ0n) is 15.0. The number of hydrogen-bond acceptors (Lipinski definition) is 0. The zero-order valence-corrected chi connectivity index (χ0v) is 16.6. The number of aryl methyl sites for hydroxylation is 4. The molecule has 0 fully saturated rings. The Bertz CT molecular complexity index is 628. The first kappa shape index (κ1) is 17.5. The summed E-state index contributed by atoms with van der Waals surface area (Å²) in [5.41, 5.74) is 10.8. The predicted molar refractivity (Wildman–Crippen MR) is 103 cm³/mol. The van der Waals surface area contributed by atoms with Crippen molar-refractivity contribution >= 4 is 29.1 Å². The smallest absolute Gasteiger partial charge is 0.0535 e. The zero-order chi connectivity index (χ0) is 16.8. The van der Waals surface area contributed by atoms with Gasteiger partial charge in [0.25, 0.3) is 0 Å². The molecule has 0 unspecified atom stereocenters. The van der Waals surface area contributed by atoms with Gasteiger partial charge in [0.05, 0.1) is 7.27 Å². The molecule has 0 aromatic heterocycles. The molecule has 0 nitrogen and oxygen atoms in total. The van der Waals surface area contributed by atoms with E-state index in [1.165, 1.54) is 55.1 Å². The maximum atomic E-state index is 7.11. The minimum Gasteiger partial charge on any atom is -0.0858 e. The second-order valence-electron chi connectivity index (χ2n) is 6.50. The van der Waals surface area contributed by atoms with Crippen molar-refractivity contribution in [1.82, 2.24) is 0 Å². The van der Waals surface area contributed by atoms with Gasteiger partial charge in [-0.25, -0.2) is 0 Å². The Kier molecular flexibility index (Phi) is 5.05. The van der Waals surface area contributed by atoms with Gasteiger partial charge in [-0.05, 0) is 99.9 Å². The van der Waals surface area contributed by atoms with Gasteiger partial charge in [0.2, 0.25) is 0 Å². The van der Waals surface area contributed by atoms with Gasteiger partial charge in [-0.15, -0.1) is 0 Å². The maximum Gasteiger partial charge on any atom is 0.0535 e. The first-order chi connectivity index (χ1) is 10.2. The fourth-order valence-electron chi connectivity index (χ4n) is 3.09. The Labute approximate surface area is 141 Å². The van der Waals surface area contributed by atoms with Crippen molar-refractivity contribution < 1.29 is 0 Å². The lowest BCUT2D eigenvalue weighted by atomic mass is 10.0. The third kappa shape index (κ3) is 2.84. The van der Waals surface area contributed by atoms with Crippen molar-refractivity contribution in [2.45, 2.75) is 55.4 Å². The third-order valence-electron chi connectivity index (χ3n) is 5.05. The molecule has 0 saturated heterocycles. The molecule has 2 heteroatoms. The van der Waals surface area contributed by atoms with Crippen LogP contribution in [0.2, 0.25) is 0 Å². The second kappa shape index (κ2) is 6.34. The van der Waals surface area contributed by atoms with E-state index < -0.39 is 7.27 Å². The van der Waals surface area contributed by atoms with Crippen molar-refractivity contribution in [2.24, 2.45) is 0 Å². The fraction of sp³-hybridized carbons (Fsp3) is 0.400. The van der Waals surface area contributed by atoms with Crippen LogP contribution in [-0.2, 0) is 0 Å². The van der Waals surface area contributed by atoms with Gasteiger partial charge in [-0.2, -0.15) is 0 Å². The molecule has 2 aromatic carbocycles. The highest BCUT2D eigenvalue weighted by Crippen LogP contribution is 2.45. The van der Waals surface area contributed by atoms with E-state index in [0.29, 0.717) is 0 Å². The average Bonchev–Trinajstić information content (AvgIpc) is 2.44. The highest BCUT2D eigenvalue weighted by atomic mass is 35.7. The van der Waals surface area contributed by atoms with E-state index in [4.69, 9.17) is 11.2 Å². The van der Waals surface area contributed by atoms with E-state index in [1.54, 1.807) is 0 Å². The molecule has 0 aliphatic heterocycles. The molecule has 0 atom stereocenters. The highest BCUT2D eigenvalue weighted by Gasteiger charge is 2.23. The molecule has 0 spiro atoms. The summed E-state index contributed by atoms with van der Waals surface area (Å²) in [6.45, 7) is 17.6. The largest absolute Gasteiger partial charge is 0.0858 e. The molecule has 118 valence electrons. The second-order valence-corrected chi connectivity index (χ2v) is 8.97. The minimum absolute atomic E-state index is 0.847. The summed E-state index contributed by atoms with van der Waals surface area (Å²) in [5, 5.41) is 2.70. The first-order valence-electron chi connectivity index (χ1n) is 7.77. The van der Waals surface area contributed by atoms with E-state index in [9.17, 15) is 0 Å².